The molecule has 2 aromatic carbocycles. The highest BCUT2D eigenvalue weighted by atomic mass is 35.5. The van der Waals surface area contributed by atoms with Crippen molar-refractivity contribution in [3.05, 3.63) is 59.7 Å². The topological polar surface area (TPSA) is 41.6 Å². The Labute approximate surface area is 170 Å². The van der Waals surface area contributed by atoms with Crippen LogP contribution >= 0.6 is 12.4 Å². The Hall–Kier alpha value is -2.18. The van der Waals surface area contributed by atoms with Gasteiger partial charge in [-0.1, -0.05) is 0 Å². The Bertz CT molecular complexity index is 778. The molecular weight excluding hydrogens is 386 g/mol. The number of ether oxygens (including phenoxy) is 1. The highest BCUT2D eigenvalue weighted by Crippen LogP contribution is 2.25. The number of hydrogen-bond acceptors (Lipinski definition) is 3. The molecule has 1 fully saturated rings. The number of amides is 1. The highest BCUT2D eigenvalue weighted by Gasteiger charge is 2.23. The molecule has 0 radical (unpaired) electrons. The number of carbonyl (C=O) groups excluding carboxylic acids is 1. The van der Waals surface area contributed by atoms with Crippen LogP contribution in [0.1, 0.15) is 29.6 Å². The predicted octanol–water partition coefficient (Wildman–Crippen LogP) is 4.64. The average Bonchev–Trinajstić information content (AvgIpc) is 2.70. The van der Waals surface area contributed by atoms with E-state index in [-0.39, 0.29) is 24.1 Å². The fraction of sp³-hybridized carbons (Fsp3) is 0.381. The maximum absolute atomic E-state index is 13.2. The normalized spacial score (nSPS) is 14.5. The summed E-state index contributed by atoms with van der Waals surface area (Å²) in [6, 6.07) is 10.1. The summed E-state index contributed by atoms with van der Waals surface area (Å²) in [5.41, 5.74) is 0.598. The average molecular weight is 411 g/mol. The molecule has 0 saturated carbocycles. The SMILES string of the molecule is CNCCC1CCN(C(=O)c2ccc(Oc3ccc(F)c(F)c3)cc2)CC1.Cl. The molecule has 7 heteroatoms. The summed E-state index contributed by atoms with van der Waals surface area (Å²) in [4.78, 5) is 14.5. The summed E-state index contributed by atoms with van der Waals surface area (Å²) in [6.07, 6.45) is 3.21. The van der Waals surface area contributed by atoms with Crippen LogP contribution in [0.2, 0.25) is 0 Å². The van der Waals surface area contributed by atoms with Crippen molar-refractivity contribution < 1.29 is 18.3 Å². The first-order valence-corrected chi connectivity index (χ1v) is 9.23. The van der Waals surface area contributed by atoms with Crippen molar-refractivity contribution in [2.75, 3.05) is 26.7 Å². The van der Waals surface area contributed by atoms with Crippen LogP contribution in [0.3, 0.4) is 0 Å². The minimum absolute atomic E-state index is 0. The van der Waals surface area contributed by atoms with Gasteiger partial charge in [-0.3, -0.25) is 4.79 Å². The van der Waals surface area contributed by atoms with E-state index >= 15 is 0 Å². The van der Waals surface area contributed by atoms with Gasteiger partial charge in [-0.2, -0.15) is 0 Å². The first kappa shape index (κ1) is 22.1. The number of hydrogen-bond donors (Lipinski definition) is 1. The molecule has 1 aliphatic rings. The second kappa shape index (κ2) is 10.4. The van der Waals surface area contributed by atoms with Gasteiger partial charge in [-0.05, 0) is 75.2 Å². The number of rotatable bonds is 6. The number of nitrogens with zero attached hydrogens (tertiary/aromatic N) is 1. The van der Waals surface area contributed by atoms with Crippen LogP contribution in [-0.2, 0) is 0 Å². The molecular formula is C21H25ClF2N2O2. The molecule has 4 nitrogen and oxygen atoms in total. The van der Waals surface area contributed by atoms with Gasteiger partial charge in [0.05, 0.1) is 0 Å². The van der Waals surface area contributed by atoms with Gasteiger partial charge in [0.1, 0.15) is 11.5 Å². The third kappa shape index (κ3) is 5.66. The molecule has 1 saturated heterocycles. The van der Waals surface area contributed by atoms with Crippen LogP contribution in [0.5, 0.6) is 11.5 Å². The van der Waals surface area contributed by atoms with Gasteiger partial charge in [0.15, 0.2) is 11.6 Å². The Morgan fingerprint density at radius 3 is 2.32 bits per heavy atom. The Balaban J connectivity index is 0.00000280. The lowest BCUT2D eigenvalue weighted by Gasteiger charge is -2.32. The van der Waals surface area contributed by atoms with Crippen molar-refractivity contribution in [3.8, 4) is 11.5 Å². The zero-order valence-corrected chi connectivity index (χ0v) is 16.6. The summed E-state index contributed by atoms with van der Waals surface area (Å²) in [7, 11) is 1.96. The molecule has 1 amide bonds. The van der Waals surface area contributed by atoms with E-state index in [1.165, 1.54) is 6.07 Å². The van der Waals surface area contributed by atoms with Crippen LogP contribution in [0.4, 0.5) is 8.78 Å². The molecule has 0 spiro atoms. The summed E-state index contributed by atoms with van der Waals surface area (Å²) >= 11 is 0. The molecule has 0 atom stereocenters. The molecule has 1 N–H and O–H groups in total. The largest absolute Gasteiger partial charge is 0.457 e. The van der Waals surface area contributed by atoms with Gasteiger partial charge in [0, 0.05) is 24.7 Å². The van der Waals surface area contributed by atoms with Crippen molar-refractivity contribution in [2.45, 2.75) is 19.3 Å². The van der Waals surface area contributed by atoms with Crippen molar-refractivity contribution >= 4 is 18.3 Å². The number of likely N-dealkylation sites (tertiary alicyclic amines) is 1. The molecule has 1 aliphatic heterocycles. The van der Waals surface area contributed by atoms with Crippen molar-refractivity contribution in [3.63, 3.8) is 0 Å². The lowest BCUT2D eigenvalue weighted by molar-refractivity contribution is 0.0687. The van der Waals surface area contributed by atoms with Gasteiger partial charge < -0.3 is 15.0 Å². The number of nitrogens with one attached hydrogen (secondary N) is 1. The van der Waals surface area contributed by atoms with E-state index in [4.69, 9.17) is 4.74 Å². The lowest BCUT2D eigenvalue weighted by atomic mass is 9.93. The standard InChI is InChI=1S/C21H24F2N2O2.ClH/c1-24-11-8-15-9-12-25(13-10-15)21(26)16-2-4-17(5-3-16)27-18-6-7-19(22)20(23)14-18;/h2-7,14-15,24H,8-13H2,1H3;1H. The Kier molecular flexibility index (Phi) is 8.20. The van der Waals surface area contributed by atoms with E-state index < -0.39 is 11.6 Å². The first-order valence-electron chi connectivity index (χ1n) is 9.23. The van der Waals surface area contributed by atoms with E-state index in [0.717, 1.165) is 51.0 Å². The summed E-state index contributed by atoms with van der Waals surface area (Å²) in [6.45, 7) is 2.57. The van der Waals surface area contributed by atoms with Crippen LogP contribution < -0.4 is 10.1 Å². The smallest absolute Gasteiger partial charge is 0.253 e. The summed E-state index contributed by atoms with van der Waals surface area (Å²) in [5.74, 6) is -0.523. The molecule has 28 heavy (non-hydrogen) atoms. The lowest BCUT2D eigenvalue weighted by Crippen LogP contribution is -2.38. The monoisotopic (exact) mass is 410 g/mol. The van der Waals surface area contributed by atoms with Crippen molar-refractivity contribution in [1.82, 2.24) is 10.2 Å². The molecule has 0 bridgehead atoms. The molecule has 1 heterocycles. The quantitative estimate of drug-likeness (QED) is 0.754. The fourth-order valence-corrected chi connectivity index (χ4v) is 3.30. The highest BCUT2D eigenvalue weighted by molar-refractivity contribution is 5.94. The number of benzene rings is 2. The third-order valence-corrected chi connectivity index (χ3v) is 4.93. The first-order chi connectivity index (χ1) is 13.1. The molecule has 0 aliphatic carbocycles. The van der Waals surface area contributed by atoms with Crippen LogP contribution in [-0.4, -0.2) is 37.5 Å². The number of piperidine rings is 1. The summed E-state index contributed by atoms with van der Waals surface area (Å²) < 4.78 is 31.7. The van der Waals surface area contributed by atoms with Gasteiger partial charge in [-0.25, -0.2) is 8.78 Å². The molecule has 0 aromatic heterocycles. The molecule has 3 rings (SSSR count). The Morgan fingerprint density at radius 1 is 1.07 bits per heavy atom. The van der Waals surface area contributed by atoms with Gasteiger partial charge in [0.2, 0.25) is 0 Å². The van der Waals surface area contributed by atoms with Crippen molar-refractivity contribution in [2.24, 2.45) is 5.92 Å². The maximum atomic E-state index is 13.2. The summed E-state index contributed by atoms with van der Waals surface area (Å²) in [5, 5.41) is 3.17. The number of carbonyl (C=O) groups is 1. The van der Waals surface area contributed by atoms with Crippen LogP contribution in [0.15, 0.2) is 42.5 Å². The molecule has 152 valence electrons. The zero-order chi connectivity index (χ0) is 19.2. The third-order valence-electron chi connectivity index (χ3n) is 4.93. The van der Waals surface area contributed by atoms with Gasteiger partial charge in [0.25, 0.3) is 5.91 Å². The van der Waals surface area contributed by atoms with E-state index in [9.17, 15) is 13.6 Å². The zero-order valence-electron chi connectivity index (χ0n) is 15.8. The minimum Gasteiger partial charge on any atom is -0.457 e. The van der Waals surface area contributed by atoms with Gasteiger partial charge in [-0.15, -0.1) is 12.4 Å². The second-order valence-electron chi connectivity index (χ2n) is 6.83. The van der Waals surface area contributed by atoms with Crippen LogP contribution in [0, 0.1) is 17.6 Å². The number of halogens is 3. The van der Waals surface area contributed by atoms with E-state index in [1.54, 1.807) is 24.3 Å². The minimum atomic E-state index is -0.961. The second-order valence-corrected chi connectivity index (χ2v) is 6.83. The van der Waals surface area contributed by atoms with Crippen molar-refractivity contribution in [1.29, 1.82) is 0 Å². The van der Waals surface area contributed by atoms with E-state index in [1.807, 2.05) is 11.9 Å². The van der Waals surface area contributed by atoms with E-state index in [2.05, 4.69) is 5.32 Å². The van der Waals surface area contributed by atoms with Gasteiger partial charge >= 0.3 is 0 Å². The molecule has 0 unspecified atom stereocenters. The predicted molar refractivity (Wildman–Crippen MR) is 107 cm³/mol. The fourth-order valence-electron chi connectivity index (χ4n) is 3.30. The molecule has 2 aromatic rings. The maximum Gasteiger partial charge on any atom is 0.253 e. The Morgan fingerprint density at radius 2 is 1.71 bits per heavy atom. The van der Waals surface area contributed by atoms with Crippen LogP contribution in [0.25, 0.3) is 0 Å². The van der Waals surface area contributed by atoms with E-state index in [0.29, 0.717) is 17.2 Å².